The lowest BCUT2D eigenvalue weighted by Crippen LogP contribution is -2.56. The molecule has 2 heterocycles. The summed E-state index contributed by atoms with van der Waals surface area (Å²) in [6.07, 6.45) is 1.68. The van der Waals surface area contributed by atoms with Gasteiger partial charge in [-0.05, 0) is 0 Å². The van der Waals surface area contributed by atoms with Crippen molar-refractivity contribution in [3.05, 3.63) is 0 Å². The molecule has 0 bridgehead atoms. The number of ether oxygens (including phenoxy) is 1. The van der Waals surface area contributed by atoms with Crippen molar-refractivity contribution in [2.75, 3.05) is 39.1 Å². The van der Waals surface area contributed by atoms with Crippen LogP contribution in [0.1, 0.15) is 26.2 Å². The monoisotopic (exact) mass is 302 g/mol. The third kappa shape index (κ3) is 2.61. The van der Waals surface area contributed by atoms with Gasteiger partial charge in [0.1, 0.15) is 10.6 Å². The van der Waals surface area contributed by atoms with Crippen LogP contribution < -0.4 is 0 Å². The number of rotatable bonds is 4. The molecular weight excluding hydrogens is 280 g/mol. The molecular formula is C13H22N2O4S. The molecule has 2 amide bonds. The summed E-state index contributed by atoms with van der Waals surface area (Å²) < 4.78 is 17.4. The summed E-state index contributed by atoms with van der Waals surface area (Å²) in [5.41, 5.74) is 0. The summed E-state index contributed by atoms with van der Waals surface area (Å²) in [4.78, 5) is 26.7. The van der Waals surface area contributed by atoms with Gasteiger partial charge in [-0.2, -0.15) is 0 Å². The van der Waals surface area contributed by atoms with Crippen molar-refractivity contribution in [3.8, 4) is 0 Å². The largest absolute Gasteiger partial charge is 0.383 e. The van der Waals surface area contributed by atoms with Crippen LogP contribution in [0.25, 0.3) is 0 Å². The van der Waals surface area contributed by atoms with Gasteiger partial charge >= 0.3 is 0 Å². The van der Waals surface area contributed by atoms with Crippen LogP contribution in [0.15, 0.2) is 0 Å². The van der Waals surface area contributed by atoms with Crippen molar-refractivity contribution in [1.82, 2.24) is 9.80 Å². The Morgan fingerprint density at radius 3 is 2.60 bits per heavy atom. The van der Waals surface area contributed by atoms with Gasteiger partial charge in [-0.3, -0.25) is 13.8 Å². The van der Waals surface area contributed by atoms with Crippen LogP contribution in [-0.2, 0) is 25.1 Å². The van der Waals surface area contributed by atoms with Gasteiger partial charge in [-0.25, -0.2) is 0 Å². The van der Waals surface area contributed by atoms with Crippen molar-refractivity contribution >= 4 is 22.6 Å². The number of methoxy groups -OCH3 is 1. The van der Waals surface area contributed by atoms with E-state index in [4.69, 9.17) is 4.74 Å². The SMILES string of the molecule is CCC(=O)N1CCC2(CC1)N(CCOC)C(=O)CS2=O. The molecule has 1 atom stereocenters. The molecule has 0 N–H and O–H groups in total. The van der Waals surface area contributed by atoms with Gasteiger partial charge in [0.05, 0.1) is 17.4 Å². The highest BCUT2D eigenvalue weighted by Crippen LogP contribution is 2.37. The van der Waals surface area contributed by atoms with E-state index in [0.717, 1.165) is 0 Å². The minimum atomic E-state index is -1.18. The van der Waals surface area contributed by atoms with Crippen LogP contribution in [0.2, 0.25) is 0 Å². The molecule has 0 radical (unpaired) electrons. The summed E-state index contributed by atoms with van der Waals surface area (Å²) in [5.74, 6) is 0.167. The molecule has 1 unspecified atom stereocenters. The first kappa shape index (κ1) is 15.4. The average molecular weight is 302 g/mol. The molecule has 2 fully saturated rings. The van der Waals surface area contributed by atoms with Crippen LogP contribution in [0.5, 0.6) is 0 Å². The number of hydrogen-bond donors (Lipinski definition) is 0. The first-order valence-electron chi connectivity index (χ1n) is 7.01. The van der Waals surface area contributed by atoms with Gasteiger partial charge in [-0.1, -0.05) is 6.92 Å². The standard InChI is InChI=1S/C13H22N2O4S/c1-3-11(16)14-6-4-13(5-7-14)15(8-9-19-2)12(17)10-20(13)18/h3-10H2,1-2H3. The highest BCUT2D eigenvalue weighted by Gasteiger charge is 2.52. The Balaban J connectivity index is 2.10. The van der Waals surface area contributed by atoms with Crippen molar-refractivity contribution in [1.29, 1.82) is 0 Å². The molecule has 2 aliphatic heterocycles. The predicted octanol–water partition coefficient (Wildman–Crippen LogP) is -0.0476. The number of amides is 2. The lowest BCUT2D eigenvalue weighted by Gasteiger charge is -2.43. The van der Waals surface area contributed by atoms with Gasteiger partial charge in [-0.15, -0.1) is 0 Å². The summed E-state index contributed by atoms with van der Waals surface area (Å²) in [7, 11) is 0.411. The van der Waals surface area contributed by atoms with E-state index in [2.05, 4.69) is 0 Å². The zero-order valence-electron chi connectivity index (χ0n) is 12.1. The Labute approximate surface area is 121 Å². The minimum absolute atomic E-state index is 0.0596. The third-order valence-electron chi connectivity index (χ3n) is 4.19. The maximum Gasteiger partial charge on any atom is 0.236 e. The fourth-order valence-corrected chi connectivity index (χ4v) is 4.74. The van der Waals surface area contributed by atoms with E-state index in [1.807, 2.05) is 6.92 Å². The fourth-order valence-electron chi connectivity index (χ4n) is 3.01. The number of hydrogen-bond acceptors (Lipinski definition) is 4. The molecule has 7 heteroatoms. The van der Waals surface area contributed by atoms with Crippen molar-refractivity contribution in [3.63, 3.8) is 0 Å². The molecule has 0 aromatic rings. The molecule has 2 saturated heterocycles. The van der Waals surface area contributed by atoms with E-state index in [-0.39, 0.29) is 17.6 Å². The Morgan fingerprint density at radius 2 is 2.05 bits per heavy atom. The summed E-state index contributed by atoms with van der Waals surface area (Å²) in [6, 6.07) is 0. The van der Waals surface area contributed by atoms with Crippen LogP contribution >= 0.6 is 0 Å². The molecule has 0 aliphatic carbocycles. The molecule has 6 nitrogen and oxygen atoms in total. The highest BCUT2D eigenvalue weighted by molar-refractivity contribution is 7.87. The smallest absolute Gasteiger partial charge is 0.236 e. The van der Waals surface area contributed by atoms with Crippen LogP contribution in [0.4, 0.5) is 0 Å². The number of carbonyl (C=O) groups excluding carboxylic acids is 2. The number of carbonyl (C=O) groups is 2. The summed E-state index contributed by atoms with van der Waals surface area (Å²) in [6.45, 7) is 3.92. The fraction of sp³-hybridized carbons (Fsp3) is 0.846. The second-order valence-electron chi connectivity index (χ2n) is 5.21. The van der Waals surface area contributed by atoms with Crippen molar-refractivity contribution in [2.24, 2.45) is 0 Å². The van der Waals surface area contributed by atoms with E-state index in [1.165, 1.54) is 0 Å². The minimum Gasteiger partial charge on any atom is -0.383 e. The Morgan fingerprint density at radius 1 is 1.40 bits per heavy atom. The van der Waals surface area contributed by atoms with Crippen molar-refractivity contribution < 1.29 is 18.5 Å². The van der Waals surface area contributed by atoms with E-state index in [0.29, 0.717) is 45.5 Å². The molecule has 1 spiro atoms. The van der Waals surface area contributed by atoms with Gasteiger partial charge in [0.15, 0.2) is 0 Å². The second-order valence-corrected chi connectivity index (χ2v) is 6.95. The van der Waals surface area contributed by atoms with E-state index >= 15 is 0 Å². The number of piperidine rings is 1. The quantitative estimate of drug-likeness (QED) is 0.730. The lowest BCUT2D eigenvalue weighted by molar-refractivity contribution is -0.135. The van der Waals surface area contributed by atoms with Crippen LogP contribution in [0, 0.1) is 0 Å². The van der Waals surface area contributed by atoms with Crippen LogP contribution in [0.3, 0.4) is 0 Å². The van der Waals surface area contributed by atoms with Crippen LogP contribution in [-0.4, -0.2) is 69.8 Å². The average Bonchev–Trinajstić information content (AvgIpc) is 2.68. The highest BCUT2D eigenvalue weighted by atomic mass is 32.2. The Bertz CT molecular complexity index is 419. The molecule has 0 saturated carbocycles. The zero-order valence-corrected chi connectivity index (χ0v) is 12.9. The molecule has 2 aliphatic rings. The number of likely N-dealkylation sites (tertiary alicyclic amines) is 1. The predicted molar refractivity (Wildman–Crippen MR) is 75.4 cm³/mol. The lowest BCUT2D eigenvalue weighted by atomic mass is 10.0. The van der Waals surface area contributed by atoms with E-state index < -0.39 is 15.7 Å². The molecule has 2 rings (SSSR count). The number of nitrogens with zero attached hydrogens (tertiary/aromatic N) is 2. The maximum atomic E-state index is 12.4. The Kier molecular flexibility index (Phi) is 4.80. The summed E-state index contributed by atoms with van der Waals surface area (Å²) >= 11 is 0. The van der Waals surface area contributed by atoms with Gasteiger partial charge in [0.25, 0.3) is 0 Å². The van der Waals surface area contributed by atoms with Gasteiger partial charge in [0, 0.05) is 46.0 Å². The van der Waals surface area contributed by atoms with E-state index in [1.54, 1.807) is 16.9 Å². The second kappa shape index (κ2) is 6.22. The Hall–Kier alpha value is -0.950. The first-order chi connectivity index (χ1) is 9.55. The first-order valence-corrected chi connectivity index (χ1v) is 8.32. The van der Waals surface area contributed by atoms with Gasteiger partial charge in [0.2, 0.25) is 11.8 Å². The zero-order chi connectivity index (χ0) is 14.8. The normalized spacial score (nSPS) is 25.5. The van der Waals surface area contributed by atoms with Crippen molar-refractivity contribution in [2.45, 2.75) is 31.1 Å². The maximum absolute atomic E-state index is 12.4. The molecule has 114 valence electrons. The molecule has 20 heavy (non-hydrogen) atoms. The topological polar surface area (TPSA) is 66.9 Å². The third-order valence-corrected chi connectivity index (χ3v) is 6.18. The molecule has 0 aromatic heterocycles. The summed E-state index contributed by atoms with van der Waals surface area (Å²) in [5, 5.41) is 0. The molecule has 0 aromatic carbocycles. The van der Waals surface area contributed by atoms with E-state index in [9.17, 15) is 13.8 Å². The van der Waals surface area contributed by atoms with Gasteiger partial charge < -0.3 is 14.5 Å².